The van der Waals surface area contributed by atoms with Crippen molar-refractivity contribution in [3.05, 3.63) is 55.9 Å². The van der Waals surface area contributed by atoms with Gasteiger partial charge in [-0.25, -0.2) is 4.39 Å². The van der Waals surface area contributed by atoms with E-state index in [4.69, 9.17) is 23.2 Å². The number of rotatable bonds is 4. The van der Waals surface area contributed by atoms with Crippen LogP contribution in [-0.2, 0) is 6.42 Å². The van der Waals surface area contributed by atoms with Crippen molar-refractivity contribution in [1.29, 1.82) is 0 Å². The van der Waals surface area contributed by atoms with Gasteiger partial charge in [0.25, 0.3) is 0 Å². The largest absolute Gasteiger partial charge is 0.313 e. The molecule has 0 aliphatic carbocycles. The maximum Gasteiger partial charge on any atom is 0.142 e. The number of benzene rings is 1. The quantitative estimate of drug-likeness (QED) is 0.863. The van der Waals surface area contributed by atoms with Crippen molar-refractivity contribution in [2.24, 2.45) is 0 Å². The third-order valence-corrected chi connectivity index (χ3v) is 4.39. The molecule has 0 amide bonds. The van der Waals surface area contributed by atoms with Crippen LogP contribution in [0.3, 0.4) is 0 Å². The van der Waals surface area contributed by atoms with E-state index in [9.17, 15) is 4.39 Å². The first kappa shape index (κ1) is 13.8. The Kier molecular flexibility index (Phi) is 4.62. The van der Waals surface area contributed by atoms with E-state index in [0.29, 0.717) is 0 Å². The molecular formula is C13H12Cl2FNS. The van der Waals surface area contributed by atoms with Crippen molar-refractivity contribution in [1.82, 2.24) is 5.32 Å². The maximum atomic E-state index is 13.4. The highest BCUT2D eigenvalue weighted by atomic mass is 35.5. The van der Waals surface area contributed by atoms with Gasteiger partial charge in [-0.15, -0.1) is 11.3 Å². The number of hydrogen-bond acceptors (Lipinski definition) is 2. The minimum absolute atomic E-state index is 0.0251. The minimum Gasteiger partial charge on any atom is -0.313 e. The number of halogens is 3. The fourth-order valence-electron chi connectivity index (χ4n) is 1.82. The van der Waals surface area contributed by atoms with Crippen LogP contribution in [0, 0.1) is 5.82 Å². The number of thiophene rings is 1. The van der Waals surface area contributed by atoms with Crippen LogP contribution in [0.2, 0.25) is 9.36 Å². The van der Waals surface area contributed by atoms with Crippen molar-refractivity contribution < 1.29 is 4.39 Å². The van der Waals surface area contributed by atoms with E-state index in [1.165, 1.54) is 17.4 Å². The van der Waals surface area contributed by atoms with Crippen LogP contribution >= 0.6 is 34.5 Å². The third kappa shape index (κ3) is 3.04. The fraction of sp³-hybridized carbons (Fsp3) is 0.231. The van der Waals surface area contributed by atoms with E-state index < -0.39 is 5.82 Å². The lowest BCUT2D eigenvalue weighted by molar-refractivity contribution is 0.581. The summed E-state index contributed by atoms with van der Waals surface area (Å²) in [6.07, 6.45) is 0.733. The highest BCUT2D eigenvalue weighted by Gasteiger charge is 2.16. The smallest absolute Gasteiger partial charge is 0.142 e. The molecule has 2 rings (SSSR count). The molecule has 18 heavy (non-hydrogen) atoms. The van der Waals surface area contributed by atoms with Crippen molar-refractivity contribution in [3.8, 4) is 0 Å². The zero-order valence-electron chi connectivity index (χ0n) is 9.71. The van der Waals surface area contributed by atoms with Crippen LogP contribution in [0.5, 0.6) is 0 Å². The van der Waals surface area contributed by atoms with Crippen molar-refractivity contribution >= 4 is 34.5 Å². The van der Waals surface area contributed by atoms with E-state index in [-0.39, 0.29) is 11.1 Å². The molecule has 0 saturated carbocycles. The average molecular weight is 304 g/mol. The molecule has 0 fully saturated rings. The van der Waals surface area contributed by atoms with Gasteiger partial charge >= 0.3 is 0 Å². The van der Waals surface area contributed by atoms with Gasteiger partial charge in [0.05, 0.1) is 9.36 Å². The summed E-state index contributed by atoms with van der Waals surface area (Å²) in [6.45, 7) is 0. The van der Waals surface area contributed by atoms with Gasteiger partial charge in [-0.1, -0.05) is 35.3 Å². The van der Waals surface area contributed by atoms with E-state index >= 15 is 0 Å². The Balaban J connectivity index is 2.25. The Bertz CT molecular complexity index is 542. The summed E-state index contributed by atoms with van der Waals surface area (Å²) in [7, 11) is 1.83. The highest BCUT2D eigenvalue weighted by molar-refractivity contribution is 7.16. The fourth-order valence-corrected chi connectivity index (χ4v) is 3.21. The second kappa shape index (κ2) is 6.02. The van der Waals surface area contributed by atoms with Gasteiger partial charge in [0, 0.05) is 17.3 Å². The van der Waals surface area contributed by atoms with Gasteiger partial charge in [0.2, 0.25) is 0 Å². The van der Waals surface area contributed by atoms with Crippen molar-refractivity contribution in [2.75, 3.05) is 7.05 Å². The van der Waals surface area contributed by atoms with Crippen LogP contribution in [0.1, 0.15) is 16.5 Å². The normalized spacial score (nSPS) is 12.7. The molecule has 0 saturated heterocycles. The molecule has 1 N–H and O–H groups in total. The van der Waals surface area contributed by atoms with Gasteiger partial charge in [-0.05, 0) is 30.8 Å². The molecule has 5 heteroatoms. The first-order valence-corrected chi connectivity index (χ1v) is 7.04. The second-order valence-corrected chi connectivity index (χ2v) is 6.07. The molecule has 0 aliphatic heterocycles. The molecule has 1 nitrogen and oxygen atoms in total. The molecule has 1 unspecified atom stereocenters. The molecule has 1 atom stereocenters. The molecule has 0 radical (unpaired) electrons. The van der Waals surface area contributed by atoms with Crippen LogP contribution in [0.4, 0.5) is 4.39 Å². The van der Waals surface area contributed by atoms with Crippen molar-refractivity contribution in [3.63, 3.8) is 0 Å². The molecule has 96 valence electrons. The Hall–Kier alpha value is -0.610. The van der Waals surface area contributed by atoms with E-state index in [2.05, 4.69) is 5.32 Å². The van der Waals surface area contributed by atoms with Crippen LogP contribution < -0.4 is 5.32 Å². The predicted octanol–water partition coefficient (Wildman–Crippen LogP) is 4.70. The zero-order chi connectivity index (χ0) is 13.1. The minimum atomic E-state index is -0.390. The second-order valence-electron chi connectivity index (χ2n) is 3.89. The lowest BCUT2D eigenvalue weighted by atomic mass is 10.0. The summed E-state index contributed by atoms with van der Waals surface area (Å²) in [4.78, 5) is 1.14. The van der Waals surface area contributed by atoms with E-state index in [1.807, 2.05) is 25.2 Å². The first-order chi connectivity index (χ1) is 8.61. The predicted molar refractivity (Wildman–Crippen MR) is 76.2 cm³/mol. The number of nitrogens with one attached hydrogen (secondary N) is 1. The Morgan fingerprint density at radius 1 is 1.28 bits per heavy atom. The lowest BCUT2D eigenvalue weighted by Gasteiger charge is -2.17. The molecule has 0 aliphatic rings. The first-order valence-electron chi connectivity index (χ1n) is 5.47. The molecule has 0 spiro atoms. The van der Waals surface area contributed by atoms with E-state index in [1.54, 1.807) is 6.07 Å². The molecule has 1 aromatic carbocycles. The monoisotopic (exact) mass is 303 g/mol. The van der Waals surface area contributed by atoms with Crippen LogP contribution in [-0.4, -0.2) is 7.05 Å². The van der Waals surface area contributed by atoms with Crippen LogP contribution in [0.25, 0.3) is 0 Å². The summed E-state index contributed by atoms with van der Waals surface area (Å²) in [6, 6.07) is 8.68. The SMILES string of the molecule is CNC(Cc1ccc(Cl)s1)c1cccc(F)c1Cl. The maximum absolute atomic E-state index is 13.4. The number of hydrogen-bond donors (Lipinski definition) is 1. The lowest BCUT2D eigenvalue weighted by Crippen LogP contribution is -2.19. The summed E-state index contributed by atoms with van der Waals surface area (Å²) in [5.41, 5.74) is 0.767. The summed E-state index contributed by atoms with van der Waals surface area (Å²) in [5, 5.41) is 3.34. The molecule has 1 aromatic heterocycles. The summed E-state index contributed by atoms with van der Waals surface area (Å²) < 4.78 is 14.2. The van der Waals surface area contributed by atoms with Gasteiger partial charge in [0.15, 0.2) is 0 Å². The standard InChI is InChI=1S/C13H12Cl2FNS/c1-17-11(7-8-5-6-12(14)18-8)9-3-2-4-10(16)13(9)15/h2-6,11,17H,7H2,1H3. The molecule has 1 heterocycles. The van der Waals surface area contributed by atoms with Gasteiger partial charge < -0.3 is 5.32 Å². The van der Waals surface area contributed by atoms with E-state index in [0.717, 1.165) is 21.2 Å². The summed E-state index contributed by atoms with van der Waals surface area (Å²) >= 11 is 13.4. The summed E-state index contributed by atoms with van der Waals surface area (Å²) in [5.74, 6) is -0.390. The number of likely N-dealkylation sites (N-methyl/N-ethyl adjacent to an activating group) is 1. The third-order valence-electron chi connectivity index (χ3n) is 2.74. The molecular weight excluding hydrogens is 292 g/mol. The van der Waals surface area contributed by atoms with Gasteiger partial charge in [0.1, 0.15) is 5.82 Å². The Morgan fingerprint density at radius 3 is 2.67 bits per heavy atom. The Morgan fingerprint density at radius 2 is 2.06 bits per heavy atom. The van der Waals surface area contributed by atoms with Gasteiger partial charge in [-0.2, -0.15) is 0 Å². The van der Waals surface area contributed by atoms with Crippen LogP contribution in [0.15, 0.2) is 30.3 Å². The average Bonchev–Trinajstić information content (AvgIpc) is 2.76. The molecule has 0 bridgehead atoms. The Labute approximate surface area is 120 Å². The molecule has 2 aromatic rings. The highest BCUT2D eigenvalue weighted by Crippen LogP contribution is 2.30. The van der Waals surface area contributed by atoms with Gasteiger partial charge in [-0.3, -0.25) is 0 Å². The topological polar surface area (TPSA) is 12.0 Å². The zero-order valence-corrected chi connectivity index (χ0v) is 12.0. The van der Waals surface area contributed by atoms with Crippen molar-refractivity contribution in [2.45, 2.75) is 12.5 Å².